The molecule has 6 heterocycles. The molecule has 1 aromatic carbocycles. The average Bonchev–Trinajstić information content (AvgIpc) is 3.39. The first-order chi connectivity index (χ1) is 20.7. The Morgan fingerprint density at radius 1 is 0.977 bits per heavy atom. The van der Waals surface area contributed by atoms with Crippen LogP contribution in [-0.2, 0) is 14.8 Å². The summed E-state index contributed by atoms with van der Waals surface area (Å²) in [6.45, 7) is 7.60. The lowest BCUT2D eigenvalue weighted by molar-refractivity contribution is 0.0972. The number of benzene rings is 1. The van der Waals surface area contributed by atoms with Gasteiger partial charge in [-0.15, -0.1) is 0 Å². The van der Waals surface area contributed by atoms with Crippen molar-refractivity contribution >= 4 is 49.9 Å². The van der Waals surface area contributed by atoms with Crippen LogP contribution in [0.25, 0.3) is 16.6 Å². The maximum atomic E-state index is 12.9. The van der Waals surface area contributed by atoms with Gasteiger partial charge < -0.3 is 19.4 Å². The second-order valence-electron chi connectivity index (χ2n) is 11.5. The number of hydrogen-bond acceptors (Lipinski definition) is 11. The van der Waals surface area contributed by atoms with Crippen molar-refractivity contribution in [1.82, 2.24) is 29.3 Å². The van der Waals surface area contributed by atoms with Gasteiger partial charge in [0.1, 0.15) is 17.5 Å². The largest absolute Gasteiger partial charge is 0.378 e. The molecule has 3 aromatic heterocycles. The Hall–Kier alpha value is -4.04. The minimum absolute atomic E-state index is 0.121. The van der Waals surface area contributed by atoms with Gasteiger partial charge in [0, 0.05) is 50.2 Å². The van der Waals surface area contributed by atoms with Crippen molar-refractivity contribution in [3.63, 3.8) is 0 Å². The van der Waals surface area contributed by atoms with E-state index in [1.54, 1.807) is 0 Å². The van der Waals surface area contributed by atoms with E-state index in [1.165, 1.54) is 0 Å². The second kappa shape index (κ2) is 10.9. The molecule has 43 heavy (non-hydrogen) atoms. The number of carbonyl (C=O) groups excluding carboxylic acids is 1. The molecule has 14 heteroatoms. The molecule has 13 nitrogen and oxygen atoms in total. The smallest absolute Gasteiger partial charge is 0.302 e. The number of carbonyl (C=O) groups is 1. The molecule has 0 bridgehead atoms. The number of amides is 1. The monoisotopic (exact) mass is 605 g/mol. The highest BCUT2D eigenvalue weighted by Gasteiger charge is 2.32. The van der Waals surface area contributed by atoms with E-state index in [1.807, 2.05) is 34.4 Å². The summed E-state index contributed by atoms with van der Waals surface area (Å²) in [5, 5.41) is 5.98. The number of ether oxygens (including phenoxy) is 1. The van der Waals surface area contributed by atoms with Crippen molar-refractivity contribution in [3.05, 3.63) is 47.4 Å². The fourth-order valence-corrected chi connectivity index (χ4v) is 6.63. The maximum Gasteiger partial charge on any atom is 0.302 e. The van der Waals surface area contributed by atoms with E-state index < -0.39 is 15.9 Å². The summed E-state index contributed by atoms with van der Waals surface area (Å²) in [4.78, 5) is 33.9. The predicted molar refractivity (Wildman–Crippen MR) is 163 cm³/mol. The Labute approximate surface area is 249 Å². The van der Waals surface area contributed by atoms with Crippen LogP contribution in [0.1, 0.15) is 53.6 Å². The Morgan fingerprint density at radius 3 is 2.53 bits per heavy atom. The van der Waals surface area contributed by atoms with Gasteiger partial charge in [0.15, 0.2) is 5.65 Å². The highest BCUT2D eigenvalue weighted by atomic mass is 32.2. The fourth-order valence-electron chi connectivity index (χ4n) is 6.20. The molecule has 1 unspecified atom stereocenters. The number of piperidine rings is 1. The van der Waals surface area contributed by atoms with Gasteiger partial charge in [-0.05, 0) is 44.2 Å². The fraction of sp³-hybridized carbons (Fsp3) is 0.483. The molecule has 7 rings (SSSR count). The number of anilines is 3. The van der Waals surface area contributed by atoms with Crippen LogP contribution in [0.4, 0.5) is 17.5 Å². The molecule has 1 atom stereocenters. The summed E-state index contributed by atoms with van der Waals surface area (Å²) in [5.74, 6) is 1.53. The molecule has 0 radical (unpaired) electrons. The molecule has 0 spiro atoms. The topological polar surface area (TPSA) is 138 Å². The summed E-state index contributed by atoms with van der Waals surface area (Å²) in [7, 11) is -3.79. The molecule has 3 aliphatic heterocycles. The third kappa shape index (κ3) is 5.33. The predicted octanol–water partition coefficient (Wildman–Crippen LogP) is 2.45. The Balaban J connectivity index is 1.34. The molecule has 0 aliphatic carbocycles. The minimum atomic E-state index is -3.79. The van der Waals surface area contributed by atoms with Gasteiger partial charge in [0.25, 0.3) is 0 Å². The number of morpholine rings is 1. The summed E-state index contributed by atoms with van der Waals surface area (Å²) < 4.78 is 33.3. The normalized spacial score (nSPS) is 19.6. The maximum absolute atomic E-state index is 12.9. The van der Waals surface area contributed by atoms with E-state index in [0.717, 1.165) is 92.0 Å². The molecule has 3 saturated heterocycles. The second-order valence-corrected chi connectivity index (χ2v) is 13.2. The van der Waals surface area contributed by atoms with Crippen LogP contribution in [0.3, 0.4) is 0 Å². The van der Waals surface area contributed by atoms with E-state index >= 15 is 0 Å². The van der Waals surface area contributed by atoms with Gasteiger partial charge >= 0.3 is 5.91 Å². The van der Waals surface area contributed by atoms with Crippen LogP contribution in [-0.4, -0.2) is 91.1 Å². The first-order valence-electron chi connectivity index (χ1n) is 14.8. The van der Waals surface area contributed by atoms with E-state index in [9.17, 15) is 13.2 Å². The number of nitrogens with one attached hydrogen (secondary N) is 1. The van der Waals surface area contributed by atoms with Gasteiger partial charge in [-0.2, -0.15) is 9.61 Å². The first-order valence-corrected chi connectivity index (χ1v) is 16.7. The summed E-state index contributed by atoms with van der Waals surface area (Å²) in [6.07, 6.45) is 4.91. The van der Waals surface area contributed by atoms with E-state index in [4.69, 9.17) is 19.8 Å². The number of nitrogens with zero attached hydrogens (tertiary/aromatic N) is 8. The standard InChI is InChI=1S/C29H35N9O4S/c1-19-7-5-8-20-26(19)28(32-27(30-20)29(39)34-43(2,40)41)37-12-4-3-9-22(37)21-17-24-31-23(35-10-6-11-35)18-25(38(24)33-21)36-13-15-42-16-14-36/h5,7-8,17-18,22H,3-4,6,9-16H2,1-2H3,(H,34,39). The number of rotatable bonds is 6. The number of fused-ring (bicyclic) bond motifs is 2. The number of sulfonamides is 1. The minimum Gasteiger partial charge on any atom is -0.378 e. The Bertz CT molecular complexity index is 1820. The molecule has 1 amide bonds. The van der Waals surface area contributed by atoms with Crippen molar-refractivity contribution in [1.29, 1.82) is 0 Å². The molecule has 4 aromatic rings. The summed E-state index contributed by atoms with van der Waals surface area (Å²) in [5.41, 5.74) is 3.23. The molecule has 226 valence electrons. The highest BCUT2D eigenvalue weighted by Crippen LogP contribution is 2.39. The quantitative estimate of drug-likeness (QED) is 0.347. The Morgan fingerprint density at radius 2 is 1.79 bits per heavy atom. The van der Waals surface area contributed by atoms with Crippen molar-refractivity contribution in [3.8, 4) is 0 Å². The lowest BCUT2D eigenvalue weighted by atomic mass is 9.98. The third-order valence-electron chi connectivity index (χ3n) is 8.44. The van der Waals surface area contributed by atoms with Crippen LogP contribution in [0.5, 0.6) is 0 Å². The van der Waals surface area contributed by atoms with E-state index in [-0.39, 0.29) is 11.9 Å². The van der Waals surface area contributed by atoms with E-state index in [0.29, 0.717) is 31.1 Å². The van der Waals surface area contributed by atoms with Gasteiger partial charge in [0.05, 0.1) is 36.7 Å². The summed E-state index contributed by atoms with van der Waals surface area (Å²) >= 11 is 0. The number of aryl methyl sites for hydroxylation is 1. The third-order valence-corrected chi connectivity index (χ3v) is 9.00. The van der Waals surface area contributed by atoms with Crippen molar-refractivity contribution in [2.45, 2.75) is 38.6 Å². The average molecular weight is 606 g/mol. The summed E-state index contributed by atoms with van der Waals surface area (Å²) in [6, 6.07) is 9.78. The van der Waals surface area contributed by atoms with Gasteiger partial charge in [-0.3, -0.25) is 4.79 Å². The zero-order valence-corrected chi connectivity index (χ0v) is 25.2. The van der Waals surface area contributed by atoms with Crippen LogP contribution in [0.2, 0.25) is 0 Å². The molecule has 0 saturated carbocycles. The number of aromatic nitrogens is 5. The SMILES string of the molecule is Cc1cccc2nc(C(=O)NS(C)(=O)=O)nc(N3CCCCC3c3cc4nc(N5CCC5)cc(N5CCOCC5)n4n3)c12. The molecular weight excluding hydrogens is 570 g/mol. The number of hydrogen-bond donors (Lipinski definition) is 1. The van der Waals surface area contributed by atoms with Gasteiger partial charge in [0.2, 0.25) is 15.8 Å². The molecule has 3 aliphatic rings. The first kappa shape index (κ1) is 27.8. The Kier molecular flexibility index (Phi) is 7.04. The zero-order chi connectivity index (χ0) is 29.7. The van der Waals surface area contributed by atoms with Crippen molar-refractivity contribution in [2.24, 2.45) is 0 Å². The molecule has 1 N–H and O–H groups in total. The van der Waals surface area contributed by atoms with Crippen LogP contribution in [0, 0.1) is 6.92 Å². The van der Waals surface area contributed by atoms with Crippen molar-refractivity contribution < 1.29 is 17.9 Å². The lowest BCUT2D eigenvalue weighted by Gasteiger charge is -2.36. The van der Waals surface area contributed by atoms with Crippen molar-refractivity contribution in [2.75, 3.05) is 66.9 Å². The van der Waals surface area contributed by atoms with Gasteiger partial charge in [-0.1, -0.05) is 12.1 Å². The lowest BCUT2D eigenvalue weighted by Crippen LogP contribution is -2.40. The van der Waals surface area contributed by atoms with Crippen LogP contribution < -0.4 is 19.4 Å². The highest BCUT2D eigenvalue weighted by molar-refractivity contribution is 7.89. The van der Waals surface area contributed by atoms with E-state index in [2.05, 4.69) is 31.8 Å². The molecule has 3 fully saturated rings. The van der Waals surface area contributed by atoms with Crippen LogP contribution in [0.15, 0.2) is 30.3 Å². The van der Waals surface area contributed by atoms with Crippen LogP contribution >= 0.6 is 0 Å². The van der Waals surface area contributed by atoms with Gasteiger partial charge in [-0.25, -0.2) is 28.1 Å². The molecular formula is C29H35N9O4S. The zero-order valence-electron chi connectivity index (χ0n) is 24.4.